The molecule has 0 aliphatic heterocycles. The summed E-state index contributed by atoms with van der Waals surface area (Å²) in [6.07, 6.45) is 3.62. The summed E-state index contributed by atoms with van der Waals surface area (Å²) in [5, 5.41) is 2.12. The molecule has 4 nitrogen and oxygen atoms in total. The zero-order valence-corrected chi connectivity index (χ0v) is 12.1. The van der Waals surface area contributed by atoms with Crippen LogP contribution in [-0.4, -0.2) is 18.4 Å². The molecule has 0 N–H and O–H groups in total. The maximum atomic E-state index is 11.5. The molecular weight excluding hydrogens is 310 g/mol. The van der Waals surface area contributed by atoms with Crippen LogP contribution in [-0.2, 0) is 20.9 Å². The number of benzene rings is 1. The summed E-state index contributed by atoms with van der Waals surface area (Å²) < 4.78 is 6.34. The van der Waals surface area contributed by atoms with Crippen molar-refractivity contribution in [2.75, 3.05) is 6.61 Å². The lowest BCUT2D eigenvalue weighted by molar-refractivity contribution is -0.682. The number of hydrogen-bond donors (Lipinski definition) is 0. The van der Waals surface area contributed by atoms with Crippen molar-refractivity contribution < 1.29 is 35.9 Å². The number of pyridine rings is 1. The van der Waals surface area contributed by atoms with Crippen LogP contribution >= 0.6 is 0 Å². The van der Waals surface area contributed by atoms with Crippen molar-refractivity contribution in [1.82, 2.24) is 0 Å². The predicted octanol–water partition coefficient (Wildman–Crippen LogP) is -1.74. The average Bonchev–Trinajstić information content (AvgIpc) is 2.39. The Kier molecular flexibility index (Phi) is 5.63. The normalized spacial score (nSPS) is 9.74. The Morgan fingerprint density at radius 3 is 2.53 bits per heavy atom. The Labute approximate surface area is 121 Å². The van der Waals surface area contributed by atoms with E-state index in [-0.39, 0.29) is 30.1 Å². The van der Waals surface area contributed by atoms with Crippen LogP contribution in [0.15, 0.2) is 42.7 Å². The molecule has 0 saturated heterocycles. The van der Waals surface area contributed by atoms with Crippen molar-refractivity contribution in [2.45, 2.75) is 13.5 Å². The molecule has 2 aromatic rings. The molecule has 1 heterocycles. The van der Waals surface area contributed by atoms with Gasteiger partial charge in [-0.25, -0.2) is 4.79 Å². The summed E-state index contributed by atoms with van der Waals surface area (Å²) in [4.78, 5) is 22.8. The number of Topliss-reactive ketones (excluding diaryl/α,β-unsaturated/α-hetero) is 1. The van der Waals surface area contributed by atoms with Gasteiger partial charge in [0.15, 0.2) is 12.4 Å². The van der Waals surface area contributed by atoms with Gasteiger partial charge in [0.25, 0.3) is 0 Å². The summed E-state index contributed by atoms with van der Waals surface area (Å²) in [6.45, 7) is 1.89. The van der Waals surface area contributed by atoms with Crippen LogP contribution in [0.5, 0.6) is 0 Å². The van der Waals surface area contributed by atoms with Gasteiger partial charge in [-0.05, 0) is 18.4 Å². The fourth-order valence-corrected chi connectivity index (χ4v) is 1.72. The topological polar surface area (TPSA) is 47.3 Å². The average molecular weight is 324 g/mol. The highest BCUT2D eigenvalue weighted by Crippen LogP contribution is 2.09. The van der Waals surface area contributed by atoms with E-state index in [1.807, 2.05) is 36.5 Å². The Bertz CT molecular complexity index is 598. The second-order valence-electron chi connectivity index (χ2n) is 3.89. The molecule has 0 aliphatic rings. The Balaban J connectivity index is 0.00000180. The first kappa shape index (κ1) is 15.3. The zero-order chi connectivity index (χ0) is 13.0. The number of rotatable bonds is 4. The number of fused-ring (bicyclic) bond motifs is 1. The van der Waals surface area contributed by atoms with E-state index in [0.29, 0.717) is 0 Å². The molecule has 0 amide bonds. The van der Waals surface area contributed by atoms with Crippen molar-refractivity contribution in [3.63, 3.8) is 0 Å². The number of ketones is 1. The van der Waals surface area contributed by atoms with Crippen molar-refractivity contribution in [2.24, 2.45) is 0 Å². The van der Waals surface area contributed by atoms with Gasteiger partial charge in [-0.3, -0.25) is 4.79 Å². The number of hydrogen-bond acceptors (Lipinski definition) is 3. The van der Waals surface area contributed by atoms with E-state index < -0.39 is 11.8 Å². The molecule has 0 aliphatic carbocycles. The van der Waals surface area contributed by atoms with Crippen LogP contribution in [0, 0.1) is 0 Å². The van der Waals surface area contributed by atoms with Gasteiger partial charge in [-0.2, -0.15) is 4.57 Å². The van der Waals surface area contributed by atoms with Gasteiger partial charge < -0.3 is 21.7 Å². The van der Waals surface area contributed by atoms with Crippen molar-refractivity contribution >= 4 is 22.5 Å². The maximum absolute atomic E-state index is 11.5. The monoisotopic (exact) mass is 323 g/mol. The summed E-state index contributed by atoms with van der Waals surface area (Å²) in [6, 6.07) is 9.75. The van der Waals surface area contributed by atoms with Crippen molar-refractivity contribution in [3.05, 3.63) is 42.7 Å². The lowest BCUT2D eigenvalue weighted by Gasteiger charge is -1.99. The van der Waals surface area contributed by atoms with Gasteiger partial charge in [0, 0.05) is 11.5 Å². The molecule has 100 valence electrons. The van der Waals surface area contributed by atoms with Crippen molar-refractivity contribution in [3.8, 4) is 0 Å². The summed E-state index contributed by atoms with van der Waals surface area (Å²) in [5.74, 6) is -1.32. The molecule has 0 spiro atoms. The number of nitrogens with zero attached hydrogens (tertiary/aromatic N) is 1. The van der Waals surface area contributed by atoms with E-state index in [1.54, 1.807) is 17.7 Å². The van der Waals surface area contributed by atoms with Crippen LogP contribution in [0.2, 0.25) is 0 Å². The van der Waals surface area contributed by atoms with E-state index in [9.17, 15) is 9.59 Å². The lowest BCUT2D eigenvalue weighted by atomic mass is 10.2. The first-order valence-corrected chi connectivity index (χ1v) is 5.78. The highest BCUT2D eigenvalue weighted by Gasteiger charge is 2.19. The molecule has 1 aromatic carbocycles. The Morgan fingerprint density at radius 1 is 1.16 bits per heavy atom. The van der Waals surface area contributed by atoms with E-state index in [2.05, 4.69) is 4.74 Å². The van der Waals surface area contributed by atoms with Gasteiger partial charge in [0.05, 0.1) is 6.61 Å². The minimum Gasteiger partial charge on any atom is -1.00 e. The minimum atomic E-state index is -0.779. The van der Waals surface area contributed by atoms with Gasteiger partial charge in [0.2, 0.25) is 6.54 Å². The molecule has 0 fully saturated rings. The van der Waals surface area contributed by atoms with Crippen LogP contribution in [0.25, 0.3) is 10.8 Å². The molecule has 2 rings (SSSR count). The van der Waals surface area contributed by atoms with E-state index in [4.69, 9.17) is 0 Å². The molecule has 19 heavy (non-hydrogen) atoms. The summed E-state index contributed by atoms with van der Waals surface area (Å²) in [5.41, 5.74) is 0. The molecule has 0 bridgehead atoms. The van der Waals surface area contributed by atoms with Crippen LogP contribution < -0.4 is 21.5 Å². The predicted molar refractivity (Wildman–Crippen MR) is 65.8 cm³/mol. The van der Waals surface area contributed by atoms with Gasteiger partial charge in [0.1, 0.15) is 0 Å². The third-order valence-corrected chi connectivity index (χ3v) is 2.58. The lowest BCUT2D eigenvalue weighted by Crippen LogP contribution is -3.00. The summed E-state index contributed by atoms with van der Waals surface area (Å²) in [7, 11) is 0. The minimum absolute atomic E-state index is 0. The SMILES string of the molecule is CCOC(=O)C(=O)C[n+]1ccc2ccccc2c1.[Br-]. The van der Waals surface area contributed by atoms with E-state index >= 15 is 0 Å². The van der Waals surface area contributed by atoms with Crippen LogP contribution in [0.3, 0.4) is 0 Å². The van der Waals surface area contributed by atoms with Gasteiger partial charge in [-0.1, -0.05) is 18.2 Å². The fraction of sp³-hybridized carbons (Fsp3) is 0.214. The molecule has 0 radical (unpaired) electrons. The highest BCUT2D eigenvalue weighted by molar-refractivity contribution is 6.33. The molecular formula is C14H14BrNO3. The summed E-state index contributed by atoms with van der Waals surface area (Å²) >= 11 is 0. The number of carbonyl (C=O) groups is 2. The number of esters is 1. The highest BCUT2D eigenvalue weighted by atomic mass is 79.9. The van der Waals surface area contributed by atoms with E-state index in [0.717, 1.165) is 10.8 Å². The first-order valence-electron chi connectivity index (χ1n) is 5.78. The molecule has 1 aromatic heterocycles. The number of aromatic nitrogens is 1. The van der Waals surface area contributed by atoms with E-state index in [1.165, 1.54) is 0 Å². The Morgan fingerprint density at radius 2 is 1.84 bits per heavy atom. The molecule has 0 atom stereocenters. The largest absolute Gasteiger partial charge is 1.00 e. The second kappa shape index (κ2) is 6.99. The fourth-order valence-electron chi connectivity index (χ4n) is 1.72. The van der Waals surface area contributed by atoms with Crippen LogP contribution in [0.4, 0.5) is 0 Å². The Hall–Kier alpha value is -1.75. The maximum Gasteiger partial charge on any atom is 0.381 e. The zero-order valence-electron chi connectivity index (χ0n) is 10.5. The first-order chi connectivity index (χ1) is 8.70. The molecule has 0 saturated carbocycles. The standard InChI is InChI=1S/C14H14NO3.BrH/c1-2-18-14(17)13(16)10-15-8-7-11-5-3-4-6-12(11)9-15;/h3-9H,2,10H2,1H3;1H/q+1;/p-1. The van der Waals surface area contributed by atoms with Gasteiger partial charge >= 0.3 is 11.8 Å². The van der Waals surface area contributed by atoms with Gasteiger partial charge in [-0.15, -0.1) is 0 Å². The molecule has 5 heteroatoms. The number of halogens is 1. The van der Waals surface area contributed by atoms with Crippen molar-refractivity contribution in [1.29, 1.82) is 0 Å². The number of carbonyl (C=O) groups excluding carboxylic acids is 2. The smallest absolute Gasteiger partial charge is 0.381 e. The molecule has 0 unspecified atom stereocenters. The third-order valence-electron chi connectivity index (χ3n) is 2.58. The third kappa shape index (κ3) is 3.86. The second-order valence-corrected chi connectivity index (χ2v) is 3.89. The van der Waals surface area contributed by atoms with Crippen LogP contribution in [0.1, 0.15) is 6.92 Å². The number of ether oxygens (including phenoxy) is 1. The quantitative estimate of drug-likeness (QED) is 0.381.